The lowest BCUT2D eigenvalue weighted by molar-refractivity contribution is -0.139. The number of allylic oxidation sites excluding steroid dienone is 3. The summed E-state index contributed by atoms with van der Waals surface area (Å²) in [6.07, 6.45) is 5.75. The van der Waals surface area contributed by atoms with Gasteiger partial charge in [-0.1, -0.05) is 52.3 Å². The van der Waals surface area contributed by atoms with Crippen molar-refractivity contribution in [3.63, 3.8) is 0 Å². The molecule has 3 aliphatic rings. The fraction of sp³-hybridized carbons (Fsp3) is 0.517. The van der Waals surface area contributed by atoms with Crippen molar-refractivity contribution in [1.29, 1.82) is 0 Å². The number of fused-ring (bicyclic) bond motifs is 1. The Balaban J connectivity index is 1.77. The number of amides is 1. The van der Waals surface area contributed by atoms with E-state index in [2.05, 4.69) is 45.6 Å². The number of ketones is 1. The number of nitrogens with zero attached hydrogens (tertiary/aromatic N) is 2. The number of aliphatic hydroxyl groups is 1. The highest BCUT2D eigenvalue weighted by atomic mass is 16.6. The van der Waals surface area contributed by atoms with Gasteiger partial charge in [0.2, 0.25) is 0 Å². The Morgan fingerprint density at radius 2 is 1.75 bits per heavy atom. The summed E-state index contributed by atoms with van der Waals surface area (Å²) >= 11 is 0. The smallest absolute Gasteiger partial charge is 0.295 e. The highest BCUT2D eigenvalue weighted by Crippen LogP contribution is 2.40. The quantitative estimate of drug-likeness (QED) is 0.341. The Morgan fingerprint density at radius 1 is 1.06 bits per heavy atom. The number of benzene rings is 1. The van der Waals surface area contributed by atoms with Crippen LogP contribution in [0.5, 0.6) is 11.5 Å². The van der Waals surface area contributed by atoms with Gasteiger partial charge in [-0.15, -0.1) is 0 Å². The predicted octanol–water partition coefficient (Wildman–Crippen LogP) is 4.54. The molecular formula is C29H38N2O5. The van der Waals surface area contributed by atoms with Gasteiger partial charge in [-0.25, -0.2) is 0 Å². The highest BCUT2D eigenvalue weighted by Gasteiger charge is 2.47. The minimum Gasteiger partial charge on any atom is -0.507 e. The first-order valence-electron chi connectivity index (χ1n) is 13.0. The minimum absolute atomic E-state index is 0.0534. The van der Waals surface area contributed by atoms with Gasteiger partial charge in [0, 0.05) is 18.7 Å². The summed E-state index contributed by atoms with van der Waals surface area (Å²) in [6.45, 7) is 14.4. The SMILES string of the molecule is CCN(CC)CCN1C(=O)C(=O)/C(=C(\O)c2ccc3c(c2)OCCO3)C1C1=CC=C(C(C)(C)C)CC1. The average molecular weight is 495 g/mol. The summed E-state index contributed by atoms with van der Waals surface area (Å²) in [5, 5.41) is 11.4. The van der Waals surface area contributed by atoms with Crippen LogP contribution >= 0.6 is 0 Å². The van der Waals surface area contributed by atoms with Gasteiger partial charge in [-0.2, -0.15) is 0 Å². The number of carbonyl (C=O) groups excluding carboxylic acids is 2. The van der Waals surface area contributed by atoms with E-state index >= 15 is 0 Å². The van der Waals surface area contributed by atoms with E-state index in [0.29, 0.717) is 43.4 Å². The Morgan fingerprint density at radius 3 is 2.36 bits per heavy atom. The van der Waals surface area contributed by atoms with Crippen molar-refractivity contribution in [2.24, 2.45) is 5.41 Å². The number of likely N-dealkylation sites (N-methyl/N-ethyl adjacent to an activating group) is 1. The first-order chi connectivity index (χ1) is 17.2. The van der Waals surface area contributed by atoms with Crippen LogP contribution in [0.2, 0.25) is 0 Å². The molecule has 0 aromatic heterocycles. The van der Waals surface area contributed by atoms with Crippen LogP contribution < -0.4 is 9.47 Å². The van der Waals surface area contributed by atoms with Crippen LogP contribution in [-0.4, -0.2) is 72.0 Å². The van der Waals surface area contributed by atoms with Crippen LogP contribution in [0.4, 0.5) is 0 Å². The van der Waals surface area contributed by atoms with Gasteiger partial charge in [0.1, 0.15) is 19.0 Å². The molecule has 1 amide bonds. The summed E-state index contributed by atoms with van der Waals surface area (Å²) in [7, 11) is 0. The van der Waals surface area contributed by atoms with E-state index in [9.17, 15) is 14.7 Å². The number of hydrogen-bond donors (Lipinski definition) is 1. The third-order valence-electron chi connectivity index (χ3n) is 7.40. The summed E-state index contributed by atoms with van der Waals surface area (Å²) in [5.74, 6) is -0.251. The lowest BCUT2D eigenvalue weighted by Crippen LogP contribution is -2.41. The molecule has 2 aliphatic heterocycles. The molecule has 7 heteroatoms. The van der Waals surface area contributed by atoms with E-state index in [1.54, 1.807) is 23.1 Å². The maximum Gasteiger partial charge on any atom is 0.295 e. The maximum absolute atomic E-state index is 13.4. The van der Waals surface area contributed by atoms with Crippen molar-refractivity contribution in [2.75, 3.05) is 39.4 Å². The molecule has 1 aliphatic carbocycles. The molecule has 1 atom stereocenters. The molecular weight excluding hydrogens is 456 g/mol. The number of Topliss-reactive ketones (excluding diaryl/α,β-unsaturated/α-hetero) is 1. The lowest BCUT2D eigenvalue weighted by atomic mass is 9.78. The number of hydrogen-bond acceptors (Lipinski definition) is 6. The summed E-state index contributed by atoms with van der Waals surface area (Å²) < 4.78 is 11.3. The second-order valence-electron chi connectivity index (χ2n) is 10.6. The molecule has 0 spiro atoms. The number of likely N-dealkylation sites (tertiary alicyclic amines) is 1. The summed E-state index contributed by atoms with van der Waals surface area (Å²) in [6, 6.07) is 4.52. The van der Waals surface area contributed by atoms with E-state index < -0.39 is 17.7 Å². The Kier molecular flexibility index (Phi) is 7.59. The standard InChI is InChI=1S/C29H38N2O5/c1-6-30(7-2)14-15-31-25(19-8-11-21(12-9-19)29(3,4)5)24(27(33)28(31)34)26(32)20-10-13-22-23(18-20)36-17-16-35-22/h8,10-11,13,18,25,32H,6-7,9,12,14-17H2,1-5H3/b26-24-. The molecule has 0 saturated carbocycles. The number of ether oxygens (including phenoxy) is 2. The van der Waals surface area contributed by atoms with Crippen molar-refractivity contribution in [3.8, 4) is 11.5 Å². The molecule has 0 radical (unpaired) electrons. The van der Waals surface area contributed by atoms with Gasteiger partial charge in [0.25, 0.3) is 11.7 Å². The fourth-order valence-electron chi connectivity index (χ4n) is 5.14. The first kappa shape index (κ1) is 26.0. The minimum atomic E-state index is -0.640. The molecule has 1 N–H and O–H groups in total. The normalized spacial score (nSPS) is 21.6. The topological polar surface area (TPSA) is 79.3 Å². The van der Waals surface area contributed by atoms with Crippen LogP contribution in [0, 0.1) is 5.41 Å². The van der Waals surface area contributed by atoms with Crippen molar-refractivity contribution >= 4 is 17.4 Å². The van der Waals surface area contributed by atoms with E-state index in [0.717, 1.165) is 31.5 Å². The van der Waals surface area contributed by atoms with Crippen molar-refractivity contribution in [2.45, 2.75) is 53.5 Å². The molecule has 1 fully saturated rings. The van der Waals surface area contributed by atoms with E-state index in [-0.39, 0.29) is 16.7 Å². The second-order valence-corrected chi connectivity index (χ2v) is 10.6. The number of carbonyl (C=O) groups is 2. The third kappa shape index (κ3) is 5.07. The van der Waals surface area contributed by atoms with Gasteiger partial charge in [0.05, 0.1) is 11.6 Å². The molecule has 194 valence electrons. The Bertz CT molecular complexity index is 1120. The highest BCUT2D eigenvalue weighted by molar-refractivity contribution is 6.47. The van der Waals surface area contributed by atoms with Crippen LogP contribution in [0.3, 0.4) is 0 Å². The third-order valence-corrected chi connectivity index (χ3v) is 7.40. The van der Waals surface area contributed by atoms with Gasteiger partial charge >= 0.3 is 0 Å². The summed E-state index contributed by atoms with van der Waals surface area (Å²) in [5.41, 5.74) is 2.94. The van der Waals surface area contributed by atoms with Gasteiger partial charge < -0.3 is 24.4 Å². The molecule has 2 heterocycles. The fourth-order valence-corrected chi connectivity index (χ4v) is 5.14. The Hall–Kier alpha value is -3.06. The molecule has 1 saturated heterocycles. The zero-order valence-electron chi connectivity index (χ0n) is 22.1. The molecule has 7 nitrogen and oxygen atoms in total. The molecule has 1 aromatic rings. The van der Waals surface area contributed by atoms with Gasteiger partial charge in [-0.05, 0) is 55.1 Å². The summed E-state index contributed by atoms with van der Waals surface area (Å²) in [4.78, 5) is 30.5. The second kappa shape index (κ2) is 10.5. The number of aliphatic hydroxyl groups excluding tert-OH is 1. The number of rotatable bonds is 7. The van der Waals surface area contributed by atoms with Crippen LogP contribution in [0.15, 0.2) is 47.1 Å². The zero-order chi connectivity index (χ0) is 26.0. The van der Waals surface area contributed by atoms with Crippen molar-refractivity contribution < 1.29 is 24.2 Å². The Labute approximate surface area is 214 Å². The van der Waals surface area contributed by atoms with Gasteiger partial charge in [0.15, 0.2) is 11.5 Å². The van der Waals surface area contributed by atoms with Crippen LogP contribution in [0.25, 0.3) is 5.76 Å². The first-order valence-corrected chi connectivity index (χ1v) is 13.0. The van der Waals surface area contributed by atoms with E-state index in [1.807, 2.05) is 6.08 Å². The molecule has 0 bridgehead atoms. The van der Waals surface area contributed by atoms with Crippen molar-refractivity contribution in [3.05, 3.63) is 52.6 Å². The maximum atomic E-state index is 13.4. The molecule has 1 aromatic carbocycles. The van der Waals surface area contributed by atoms with E-state index in [4.69, 9.17) is 9.47 Å². The monoisotopic (exact) mass is 494 g/mol. The lowest BCUT2D eigenvalue weighted by Gasteiger charge is -2.32. The molecule has 1 unspecified atom stereocenters. The van der Waals surface area contributed by atoms with Crippen LogP contribution in [-0.2, 0) is 9.59 Å². The van der Waals surface area contributed by atoms with E-state index in [1.165, 1.54) is 5.57 Å². The average Bonchev–Trinajstić information content (AvgIpc) is 3.13. The largest absolute Gasteiger partial charge is 0.507 e. The predicted molar refractivity (Wildman–Crippen MR) is 140 cm³/mol. The van der Waals surface area contributed by atoms with Crippen molar-refractivity contribution in [1.82, 2.24) is 9.80 Å². The molecule has 4 rings (SSSR count). The van der Waals surface area contributed by atoms with Gasteiger partial charge in [-0.3, -0.25) is 9.59 Å². The molecule has 36 heavy (non-hydrogen) atoms. The van der Waals surface area contributed by atoms with Crippen LogP contribution in [0.1, 0.15) is 53.0 Å². The zero-order valence-corrected chi connectivity index (χ0v) is 22.1.